The summed E-state index contributed by atoms with van der Waals surface area (Å²) in [5.74, 6) is 0. The minimum atomic E-state index is 0.105. The molecule has 0 aromatic heterocycles. The van der Waals surface area contributed by atoms with Gasteiger partial charge in [0.05, 0.1) is 6.61 Å². The van der Waals surface area contributed by atoms with Gasteiger partial charge in [-0.1, -0.05) is 23.7 Å². The van der Waals surface area contributed by atoms with Gasteiger partial charge in [0.2, 0.25) is 0 Å². The summed E-state index contributed by atoms with van der Waals surface area (Å²) in [5.41, 5.74) is 2.46. The first-order chi connectivity index (χ1) is 7.59. The van der Waals surface area contributed by atoms with Gasteiger partial charge in [-0.2, -0.15) is 0 Å². The number of hydrogen-bond donors (Lipinski definition) is 1. The lowest BCUT2D eigenvalue weighted by Gasteiger charge is -2.24. The van der Waals surface area contributed by atoms with E-state index in [9.17, 15) is 0 Å². The molecule has 0 saturated carbocycles. The summed E-state index contributed by atoms with van der Waals surface area (Å²) in [5, 5.41) is 4.37. The highest BCUT2D eigenvalue weighted by atomic mass is 35.5. The number of rotatable bonds is 3. The predicted octanol–water partition coefficient (Wildman–Crippen LogP) is 2.92. The number of ether oxygens (including phenoxy) is 1. The molecule has 1 aromatic carbocycles. The van der Waals surface area contributed by atoms with Crippen molar-refractivity contribution in [3.8, 4) is 0 Å². The second kappa shape index (κ2) is 4.74. The molecule has 3 heteroatoms. The minimum absolute atomic E-state index is 0.105. The summed E-state index contributed by atoms with van der Waals surface area (Å²) in [4.78, 5) is 0. The first-order valence-corrected chi connectivity index (χ1v) is 6.05. The molecule has 1 atom stereocenters. The van der Waals surface area contributed by atoms with Crippen molar-refractivity contribution >= 4 is 11.6 Å². The second-order valence-electron chi connectivity index (χ2n) is 4.81. The molecule has 2 nitrogen and oxygen atoms in total. The van der Waals surface area contributed by atoms with Crippen molar-refractivity contribution < 1.29 is 4.74 Å². The van der Waals surface area contributed by atoms with E-state index in [-0.39, 0.29) is 5.54 Å². The minimum Gasteiger partial charge on any atom is -0.379 e. The number of benzene rings is 1. The topological polar surface area (TPSA) is 21.3 Å². The molecule has 1 aromatic rings. The normalized spacial score (nSPS) is 24.9. The zero-order chi connectivity index (χ0) is 11.6. The molecule has 0 aliphatic carbocycles. The number of aryl methyl sites for hydroxylation is 1. The molecular weight excluding hydrogens is 222 g/mol. The van der Waals surface area contributed by atoms with Crippen molar-refractivity contribution in [2.75, 3.05) is 13.2 Å². The van der Waals surface area contributed by atoms with Gasteiger partial charge in [-0.05, 0) is 37.5 Å². The fraction of sp³-hybridized carbons (Fsp3) is 0.538. The molecule has 0 radical (unpaired) electrons. The summed E-state index contributed by atoms with van der Waals surface area (Å²) < 4.78 is 5.40. The molecule has 1 fully saturated rings. The van der Waals surface area contributed by atoms with Crippen LogP contribution in [0.15, 0.2) is 18.2 Å². The van der Waals surface area contributed by atoms with Gasteiger partial charge in [0.25, 0.3) is 0 Å². The summed E-state index contributed by atoms with van der Waals surface area (Å²) in [6.07, 6.45) is 1.07. The molecule has 1 aliphatic rings. The van der Waals surface area contributed by atoms with Gasteiger partial charge in [0, 0.05) is 23.7 Å². The van der Waals surface area contributed by atoms with Gasteiger partial charge in [0.15, 0.2) is 0 Å². The number of nitrogens with one attached hydrogen (secondary N) is 1. The number of halogens is 1. The van der Waals surface area contributed by atoms with Crippen LogP contribution in [0, 0.1) is 6.92 Å². The lowest BCUT2D eigenvalue weighted by molar-refractivity contribution is 0.171. The van der Waals surface area contributed by atoms with E-state index >= 15 is 0 Å². The highest BCUT2D eigenvalue weighted by molar-refractivity contribution is 6.31. The van der Waals surface area contributed by atoms with Crippen LogP contribution < -0.4 is 5.32 Å². The van der Waals surface area contributed by atoms with Crippen molar-refractivity contribution in [2.45, 2.75) is 32.4 Å². The van der Waals surface area contributed by atoms with Crippen LogP contribution in [0.4, 0.5) is 0 Å². The molecule has 1 aliphatic heterocycles. The average molecular weight is 240 g/mol. The SMILES string of the molecule is Cc1ccc(CNC2(C)CCOC2)c(Cl)c1. The summed E-state index contributed by atoms with van der Waals surface area (Å²) in [7, 11) is 0. The van der Waals surface area contributed by atoms with E-state index < -0.39 is 0 Å². The first-order valence-electron chi connectivity index (χ1n) is 5.67. The van der Waals surface area contributed by atoms with Crippen LogP contribution in [0.5, 0.6) is 0 Å². The van der Waals surface area contributed by atoms with Gasteiger partial charge in [-0.25, -0.2) is 0 Å². The van der Waals surface area contributed by atoms with Gasteiger partial charge >= 0.3 is 0 Å². The molecule has 16 heavy (non-hydrogen) atoms. The highest BCUT2D eigenvalue weighted by Crippen LogP contribution is 2.21. The Morgan fingerprint density at radius 2 is 2.31 bits per heavy atom. The Morgan fingerprint density at radius 3 is 2.94 bits per heavy atom. The lowest BCUT2D eigenvalue weighted by Crippen LogP contribution is -2.42. The van der Waals surface area contributed by atoms with Crippen molar-refractivity contribution in [2.24, 2.45) is 0 Å². The second-order valence-corrected chi connectivity index (χ2v) is 5.22. The monoisotopic (exact) mass is 239 g/mol. The van der Waals surface area contributed by atoms with Crippen LogP contribution in [-0.2, 0) is 11.3 Å². The summed E-state index contributed by atoms with van der Waals surface area (Å²) in [6.45, 7) is 6.69. The predicted molar refractivity (Wildman–Crippen MR) is 66.9 cm³/mol. The Morgan fingerprint density at radius 1 is 1.50 bits per heavy atom. The third-order valence-electron chi connectivity index (χ3n) is 3.13. The molecule has 0 bridgehead atoms. The van der Waals surface area contributed by atoms with Crippen LogP contribution in [0.3, 0.4) is 0 Å². The average Bonchev–Trinajstić information content (AvgIpc) is 2.64. The molecule has 1 N–H and O–H groups in total. The van der Waals surface area contributed by atoms with Crippen molar-refractivity contribution in [1.29, 1.82) is 0 Å². The third-order valence-corrected chi connectivity index (χ3v) is 3.48. The fourth-order valence-electron chi connectivity index (χ4n) is 1.91. The summed E-state index contributed by atoms with van der Waals surface area (Å²) >= 11 is 6.19. The fourth-order valence-corrected chi connectivity index (χ4v) is 2.21. The quantitative estimate of drug-likeness (QED) is 0.876. The van der Waals surface area contributed by atoms with Gasteiger partial charge in [-0.15, -0.1) is 0 Å². The maximum Gasteiger partial charge on any atom is 0.0646 e. The lowest BCUT2D eigenvalue weighted by atomic mass is 10.0. The van der Waals surface area contributed by atoms with Crippen LogP contribution in [-0.4, -0.2) is 18.8 Å². The van der Waals surface area contributed by atoms with Crippen molar-refractivity contribution in [1.82, 2.24) is 5.32 Å². The van der Waals surface area contributed by atoms with Crippen molar-refractivity contribution in [3.63, 3.8) is 0 Å². The Bertz CT molecular complexity index is 372. The number of hydrogen-bond acceptors (Lipinski definition) is 2. The van der Waals surface area contributed by atoms with E-state index in [1.54, 1.807) is 0 Å². The molecule has 1 unspecified atom stereocenters. The molecule has 1 heterocycles. The standard InChI is InChI=1S/C13H18ClNO/c1-10-3-4-11(12(14)7-10)8-15-13(2)5-6-16-9-13/h3-4,7,15H,5-6,8-9H2,1-2H3. The van der Waals surface area contributed by atoms with E-state index in [4.69, 9.17) is 16.3 Å². The zero-order valence-electron chi connectivity index (χ0n) is 9.85. The van der Waals surface area contributed by atoms with E-state index in [1.165, 1.54) is 5.56 Å². The highest BCUT2D eigenvalue weighted by Gasteiger charge is 2.28. The van der Waals surface area contributed by atoms with E-state index in [0.29, 0.717) is 0 Å². The molecule has 88 valence electrons. The maximum atomic E-state index is 6.19. The van der Waals surface area contributed by atoms with Gasteiger partial charge in [0.1, 0.15) is 0 Å². The third kappa shape index (κ3) is 2.76. The van der Waals surface area contributed by atoms with Crippen LogP contribution in [0.2, 0.25) is 5.02 Å². The molecule has 2 rings (SSSR count). The Kier molecular flexibility index (Phi) is 3.53. The largest absolute Gasteiger partial charge is 0.379 e. The van der Waals surface area contributed by atoms with E-state index in [1.807, 2.05) is 6.07 Å². The van der Waals surface area contributed by atoms with Gasteiger partial charge in [-0.3, -0.25) is 0 Å². The van der Waals surface area contributed by atoms with Crippen LogP contribution in [0.1, 0.15) is 24.5 Å². The Labute approximate surface area is 102 Å². The zero-order valence-corrected chi connectivity index (χ0v) is 10.6. The van der Waals surface area contributed by atoms with E-state index in [2.05, 4.69) is 31.3 Å². The smallest absolute Gasteiger partial charge is 0.0646 e. The molecular formula is C13H18ClNO. The molecule has 1 saturated heterocycles. The van der Waals surface area contributed by atoms with Crippen LogP contribution in [0.25, 0.3) is 0 Å². The first kappa shape index (κ1) is 11.9. The Balaban J connectivity index is 1.99. The Hall–Kier alpha value is -0.570. The molecule has 0 amide bonds. The van der Waals surface area contributed by atoms with Crippen LogP contribution >= 0.6 is 11.6 Å². The van der Waals surface area contributed by atoms with E-state index in [0.717, 1.165) is 36.8 Å². The van der Waals surface area contributed by atoms with Crippen molar-refractivity contribution in [3.05, 3.63) is 34.3 Å². The molecule has 0 spiro atoms. The maximum absolute atomic E-state index is 6.19. The summed E-state index contributed by atoms with van der Waals surface area (Å²) in [6, 6.07) is 6.19. The van der Waals surface area contributed by atoms with Gasteiger partial charge < -0.3 is 10.1 Å².